The highest BCUT2D eigenvalue weighted by Crippen LogP contribution is 2.21. The van der Waals surface area contributed by atoms with Gasteiger partial charge in [0.15, 0.2) is 0 Å². The van der Waals surface area contributed by atoms with Crippen molar-refractivity contribution in [1.82, 2.24) is 25.3 Å². The number of rotatable bonds is 9. The third kappa shape index (κ3) is 6.87. The third-order valence-electron chi connectivity index (χ3n) is 5.50. The summed E-state index contributed by atoms with van der Waals surface area (Å²) in [7, 11) is 4.08. The predicted molar refractivity (Wildman–Crippen MR) is 121 cm³/mol. The molecule has 1 aliphatic heterocycles. The van der Waals surface area contributed by atoms with Crippen molar-refractivity contribution in [1.29, 1.82) is 0 Å². The van der Waals surface area contributed by atoms with Crippen LogP contribution in [0.15, 0.2) is 21.3 Å². The molecule has 0 aliphatic carbocycles. The molecule has 2 amide bonds. The van der Waals surface area contributed by atoms with E-state index in [0.717, 1.165) is 12.1 Å². The topological polar surface area (TPSA) is 91.6 Å². The zero-order valence-corrected chi connectivity index (χ0v) is 19.7. The molecule has 0 spiro atoms. The predicted octanol–water partition coefficient (Wildman–Crippen LogP) is 2.67. The molecule has 1 N–H and O–H groups in total. The molecule has 1 saturated heterocycles. The lowest BCUT2D eigenvalue weighted by molar-refractivity contribution is -0.135. The average Bonchev–Trinajstić information content (AvgIpc) is 3.41. The zero-order chi connectivity index (χ0) is 22.4. The Morgan fingerprint density at radius 3 is 2.71 bits per heavy atom. The summed E-state index contributed by atoms with van der Waals surface area (Å²) in [4.78, 5) is 33.5. The Hall–Kier alpha value is -2.26. The molecule has 3 heterocycles. The normalized spacial score (nSPS) is 15.5. The molecule has 0 aromatic carbocycles. The molecule has 1 fully saturated rings. The summed E-state index contributed by atoms with van der Waals surface area (Å²) in [6.07, 6.45) is 2.17. The molecule has 0 radical (unpaired) electrons. The molecule has 0 unspecified atom stereocenters. The number of likely N-dealkylation sites (tertiary alicyclic amines) is 1. The first-order valence-electron chi connectivity index (χ1n) is 10.8. The smallest absolute Gasteiger partial charge is 0.227 e. The highest BCUT2D eigenvalue weighted by molar-refractivity contribution is 7.08. The molecule has 0 atom stereocenters. The summed E-state index contributed by atoms with van der Waals surface area (Å²) >= 11 is 1.58. The van der Waals surface area contributed by atoms with Crippen LogP contribution in [0.25, 0.3) is 11.4 Å². The number of nitrogens with one attached hydrogen (secondary N) is 1. The molecular formula is C22H33N5O3S. The highest BCUT2D eigenvalue weighted by atomic mass is 32.1. The Kier molecular flexibility index (Phi) is 7.83. The summed E-state index contributed by atoms with van der Waals surface area (Å²) in [5, 5.41) is 11.0. The van der Waals surface area contributed by atoms with Gasteiger partial charge in [0.2, 0.25) is 23.5 Å². The van der Waals surface area contributed by atoms with Gasteiger partial charge >= 0.3 is 0 Å². The first kappa shape index (κ1) is 23.4. The number of carbonyl (C=O) groups excluding carboxylic acids is 2. The molecule has 8 nitrogen and oxygen atoms in total. The molecule has 170 valence electrons. The third-order valence-corrected chi connectivity index (χ3v) is 6.19. The van der Waals surface area contributed by atoms with E-state index < -0.39 is 0 Å². The van der Waals surface area contributed by atoms with Crippen molar-refractivity contribution in [2.24, 2.45) is 11.3 Å². The Labute approximate surface area is 188 Å². The molecule has 1 aliphatic rings. The van der Waals surface area contributed by atoms with Gasteiger partial charge in [-0.25, -0.2) is 0 Å². The number of thiophene rings is 1. The average molecular weight is 448 g/mol. The number of aromatic nitrogens is 2. The fourth-order valence-electron chi connectivity index (χ4n) is 4.01. The van der Waals surface area contributed by atoms with Crippen molar-refractivity contribution < 1.29 is 14.1 Å². The maximum absolute atomic E-state index is 12.6. The molecule has 3 rings (SSSR count). The van der Waals surface area contributed by atoms with Crippen LogP contribution in [-0.2, 0) is 16.0 Å². The van der Waals surface area contributed by atoms with Crippen LogP contribution in [0.5, 0.6) is 0 Å². The number of carbonyl (C=O) groups is 2. The fourth-order valence-corrected chi connectivity index (χ4v) is 4.65. The lowest BCUT2D eigenvalue weighted by Crippen LogP contribution is -2.46. The Morgan fingerprint density at radius 1 is 1.32 bits per heavy atom. The van der Waals surface area contributed by atoms with E-state index in [2.05, 4.69) is 34.2 Å². The fraction of sp³-hybridized carbons (Fsp3) is 0.636. The minimum atomic E-state index is -0.0247. The summed E-state index contributed by atoms with van der Waals surface area (Å²) in [6.45, 7) is 7.10. The van der Waals surface area contributed by atoms with Gasteiger partial charge in [-0.05, 0) is 43.8 Å². The highest BCUT2D eigenvalue weighted by Gasteiger charge is 2.28. The number of nitrogens with zero attached hydrogens (tertiary/aromatic N) is 4. The lowest BCUT2D eigenvalue weighted by Gasteiger charge is -2.33. The summed E-state index contributed by atoms with van der Waals surface area (Å²) < 4.78 is 5.27. The van der Waals surface area contributed by atoms with Gasteiger partial charge in [0, 0.05) is 55.9 Å². The molecule has 31 heavy (non-hydrogen) atoms. The van der Waals surface area contributed by atoms with Crippen molar-refractivity contribution in [2.45, 2.75) is 39.5 Å². The van der Waals surface area contributed by atoms with Crippen LogP contribution in [0.3, 0.4) is 0 Å². The minimum absolute atomic E-state index is 0.0217. The van der Waals surface area contributed by atoms with E-state index in [4.69, 9.17) is 4.52 Å². The molecular weight excluding hydrogens is 414 g/mol. The van der Waals surface area contributed by atoms with Crippen LogP contribution in [0.4, 0.5) is 0 Å². The van der Waals surface area contributed by atoms with Crippen molar-refractivity contribution in [3.05, 3.63) is 22.7 Å². The maximum Gasteiger partial charge on any atom is 0.227 e. The minimum Gasteiger partial charge on any atom is -0.355 e. The van der Waals surface area contributed by atoms with Crippen LogP contribution < -0.4 is 5.32 Å². The van der Waals surface area contributed by atoms with Gasteiger partial charge < -0.3 is 19.6 Å². The Balaban J connectivity index is 1.39. The molecule has 0 saturated carbocycles. The first-order chi connectivity index (χ1) is 14.7. The number of hydrogen-bond acceptors (Lipinski definition) is 7. The second kappa shape index (κ2) is 10.4. The van der Waals surface area contributed by atoms with Crippen molar-refractivity contribution in [3.8, 4) is 11.4 Å². The van der Waals surface area contributed by atoms with E-state index in [1.807, 2.05) is 35.8 Å². The Morgan fingerprint density at radius 2 is 2.06 bits per heavy atom. The maximum atomic E-state index is 12.6. The van der Waals surface area contributed by atoms with Crippen LogP contribution in [0.2, 0.25) is 0 Å². The van der Waals surface area contributed by atoms with Crippen LogP contribution in [-0.4, -0.2) is 72.0 Å². The summed E-state index contributed by atoms with van der Waals surface area (Å²) in [5.74, 6) is 1.18. The summed E-state index contributed by atoms with van der Waals surface area (Å²) in [6, 6.07) is 1.94. The molecule has 2 aromatic heterocycles. The Bertz CT molecular complexity index is 854. The quantitative estimate of drug-likeness (QED) is 0.635. The van der Waals surface area contributed by atoms with E-state index in [1.165, 1.54) is 0 Å². The second-order valence-electron chi connectivity index (χ2n) is 9.30. The largest absolute Gasteiger partial charge is 0.355 e. The monoisotopic (exact) mass is 447 g/mol. The molecule has 2 aromatic rings. The number of aryl methyl sites for hydroxylation is 1. The second-order valence-corrected chi connectivity index (χ2v) is 10.1. The van der Waals surface area contributed by atoms with Crippen LogP contribution in [0.1, 0.15) is 39.0 Å². The van der Waals surface area contributed by atoms with Gasteiger partial charge in [-0.1, -0.05) is 19.0 Å². The van der Waals surface area contributed by atoms with Crippen molar-refractivity contribution in [3.63, 3.8) is 0 Å². The molecule has 9 heteroatoms. The zero-order valence-electron chi connectivity index (χ0n) is 18.9. The van der Waals surface area contributed by atoms with Crippen molar-refractivity contribution >= 4 is 23.2 Å². The number of amides is 2. The molecule has 0 bridgehead atoms. The van der Waals surface area contributed by atoms with Gasteiger partial charge in [0.1, 0.15) is 0 Å². The van der Waals surface area contributed by atoms with Crippen molar-refractivity contribution in [2.75, 3.05) is 40.3 Å². The van der Waals surface area contributed by atoms with E-state index in [1.54, 1.807) is 11.3 Å². The van der Waals surface area contributed by atoms with E-state index >= 15 is 0 Å². The SMILES string of the molecule is CN(C)CC(C)(C)CNC(=O)C1CCN(C(=O)CCc2nc(-c3ccsc3)no2)CC1. The number of piperidine rings is 1. The first-order valence-corrected chi connectivity index (χ1v) is 11.7. The standard InChI is InChI=1S/C22H33N5O3S/c1-22(2,15-26(3)4)14-23-21(29)16-7-10-27(11-8-16)19(28)6-5-18-24-20(25-30-18)17-9-12-31-13-17/h9,12-13,16H,5-8,10-11,14-15H2,1-4H3,(H,23,29). The van der Waals surface area contributed by atoms with Crippen LogP contribution >= 0.6 is 11.3 Å². The van der Waals surface area contributed by atoms with Gasteiger partial charge in [-0.3, -0.25) is 9.59 Å². The van der Waals surface area contributed by atoms with Gasteiger partial charge in [-0.15, -0.1) is 0 Å². The number of hydrogen-bond donors (Lipinski definition) is 1. The lowest BCUT2D eigenvalue weighted by atomic mass is 9.91. The van der Waals surface area contributed by atoms with Gasteiger partial charge in [0.25, 0.3) is 0 Å². The van der Waals surface area contributed by atoms with Gasteiger partial charge in [-0.2, -0.15) is 16.3 Å². The van der Waals surface area contributed by atoms with E-state index in [-0.39, 0.29) is 23.1 Å². The summed E-state index contributed by atoms with van der Waals surface area (Å²) in [5.41, 5.74) is 0.949. The van der Waals surface area contributed by atoms with Gasteiger partial charge in [0.05, 0.1) is 0 Å². The van der Waals surface area contributed by atoms with E-state index in [9.17, 15) is 9.59 Å². The van der Waals surface area contributed by atoms with Crippen LogP contribution in [0, 0.1) is 11.3 Å². The van der Waals surface area contributed by atoms with E-state index in [0.29, 0.717) is 57.0 Å².